The average molecular weight is 303 g/mol. The minimum atomic E-state index is 0.335. The monoisotopic (exact) mass is 302 g/mol. The van der Waals surface area contributed by atoms with Gasteiger partial charge >= 0.3 is 0 Å². The van der Waals surface area contributed by atoms with Crippen molar-refractivity contribution >= 4 is 40.2 Å². The summed E-state index contributed by atoms with van der Waals surface area (Å²) in [6, 6.07) is 14.6. The molecule has 0 radical (unpaired) electrons. The van der Waals surface area contributed by atoms with Gasteiger partial charge in [-0.25, -0.2) is 0 Å². The molecule has 0 bridgehead atoms. The third kappa shape index (κ3) is 2.07. The molecule has 1 unspecified atom stereocenters. The van der Waals surface area contributed by atoms with Crippen LogP contribution < -0.4 is 10.6 Å². The van der Waals surface area contributed by atoms with Crippen LogP contribution in [0.5, 0.6) is 0 Å². The quantitative estimate of drug-likeness (QED) is 0.848. The van der Waals surface area contributed by atoms with Gasteiger partial charge in [-0.3, -0.25) is 0 Å². The zero-order valence-corrected chi connectivity index (χ0v) is 12.7. The SMILES string of the molecule is CC1Cc2ccccc2N1c1cccc(Cl)c1C(N)=S. The molecule has 2 aromatic rings. The second-order valence-corrected chi connectivity index (χ2v) is 5.90. The van der Waals surface area contributed by atoms with Crippen LogP contribution in [0.4, 0.5) is 11.4 Å². The van der Waals surface area contributed by atoms with Gasteiger partial charge in [-0.05, 0) is 37.1 Å². The van der Waals surface area contributed by atoms with Gasteiger partial charge in [0.25, 0.3) is 0 Å². The molecule has 2 nitrogen and oxygen atoms in total. The van der Waals surface area contributed by atoms with Crippen LogP contribution in [0.25, 0.3) is 0 Å². The van der Waals surface area contributed by atoms with Gasteiger partial charge in [0.15, 0.2) is 0 Å². The first-order valence-corrected chi connectivity index (χ1v) is 7.33. The van der Waals surface area contributed by atoms with Crippen molar-refractivity contribution in [1.82, 2.24) is 0 Å². The standard InChI is InChI=1S/C16H15ClN2S/c1-10-9-11-5-2-3-7-13(11)19(10)14-8-4-6-12(17)15(14)16(18)20/h2-8,10H,9H2,1H3,(H2,18,20). The first-order chi connectivity index (χ1) is 9.59. The summed E-state index contributed by atoms with van der Waals surface area (Å²) >= 11 is 11.5. The normalized spacial score (nSPS) is 17.1. The number of halogens is 1. The fourth-order valence-electron chi connectivity index (χ4n) is 2.89. The summed E-state index contributed by atoms with van der Waals surface area (Å²) in [7, 11) is 0. The van der Waals surface area contributed by atoms with Crippen LogP contribution in [0.15, 0.2) is 42.5 Å². The van der Waals surface area contributed by atoms with E-state index in [0.29, 0.717) is 16.1 Å². The lowest BCUT2D eigenvalue weighted by Crippen LogP contribution is -2.27. The number of hydrogen-bond acceptors (Lipinski definition) is 2. The number of para-hydroxylation sites is 1. The van der Waals surface area contributed by atoms with E-state index in [1.807, 2.05) is 18.2 Å². The van der Waals surface area contributed by atoms with Gasteiger partial charge in [0.1, 0.15) is 4.99 Å². The molecule has 1 atom stereocenters. The summed E-state index contributed by atoms with van der Waals surface area (Å²) in [6.45, 7) is 2.20. The van der Waals surface area contributed by atoms with E-state index in [4.69, 9.17) is 29.6 Å². The molecule has 20 heavy (non-hydrogen) atoms. The van der Waals surface area contributed by atoms with E-state index in [1.54, 1.807) is 0 Å². The molecule has 1 heterocycles. The molecular formula is C16H15ClN2S. The summed E-state index contributed by atoms with van der Waals surface area (Å²) in [6.07, 6.45) is 1.01. The fourth-order valence-corrected chi connectivity index (χ4v) is 3.43. The van der Waals surface area contributed by atoms with E-state index in [0.717, 1.165) is 17.7 Å². The molecule has 0 amide bonds. The first-order valence-electron chi connectivity index (χ1n) is 6.55. The number of thiocarbonyl (C=S) groups is 1. The Balaban J connectivity index is 2.20. The Morgan fingerprint density at radius 3 is 2.65 bits per heavy atom. The summed E-state index contributed by atoms with van der Waals surface area (Å²) in [5.41, 5.74) is 10.2. The largest absolute Gasteiger partial charge is 0.389 e. The lowest BCUT2D eigenvalue weighted by molar-refractivity contribution is 0.758. The van der Waals surface area contributed by atoms with Crippen molar-refractivity contribution in [3.05, 3.63) is 58.6 Å². The summed E-state index contributed by atoms with van der Waals surface area (Å²) in [5.74, 6) is 0. The molecule has 0 aliphatic carbocycles. The lowest BCUT2D eigenvalue weighted by atomic mass is 10.1. The Morgan fingerprint density at radius 1 is 1.20 bits per heavy atom. The molecule has 2 aromatic carbocycles. The molecule has 1 aliphatic rings. The van der Waals surface area contributed by atoms with Crippen molar-refractivity contribution in [3.8, 4) is 0 Å². The average Bonchev–Trinajstić information content (AvgIpc) is 2.73. The highest BCUT2D eigenvalue weighted by molar-refractivity contribution is 7.80. The van der Waals surface area contributed by atoms with Crippen LogP contribution in [-0.4, -0.2) is 11.0 Å². The van der Waals surface area contributed by atoms with E-state index in [-0.39, 0.29) is 0 Å². The highest BCUT2D eigenvalue weighted by Crippen LogP contribution is 2.41. The van der Waals surface area contributed by atoms with Crippen LogP contribution in [-0.2, 0) is 6.42 Å². The molecule has 1 aliphatic heterocycles. The van der Waals surface area contributed by atoms with Crippen LogP contribution >= 0.6 is 23.8 Å². The number of anilines is 2. The van der Waals surface area contributed by atoms with Crippen LogP contribution in [0, 0.1) is 0 Å². The van der Waals surface area contributed by atoms with E-state index in [1.165, 1.54) is 11.3 Å². The highest BCUT2D eigenvalue weighted by atomic mass is 35.5. The van der Waals surface area contributed by atoms with Crippen molar-refractivity contribution in [2.75, 3.05) is 4.90 Å². The van der Waals surface area contributed by atoms with Gasteiger partial charge in [0, 0.05) is 11.7 Å². The molecule has 3 rings (SSSR count). The third-order valence-corrected chi connectivity index (χ3v) is 4.22. The predicted octanol–water partition coefficient (Wildman–Crippen LogP) is 4.06. The Labute approximate surface area is 129 Å². The molecule has 0 saturated carbocycles. The van der Waals surface area contributed by atoms with Crippen molar-refractivity contribution in [2.45, 2.75) is 19.4 Å². The molecule has 102 valence electrons. The highest BCUT2D eigenvalue weighted by Gasteiger charge is 2.29. The number of rotatable bonds is 2. The third-order valence-electron chi connectivity index (χ3n) is 3.70. The lowest BCUT2D eigenvalue weighted by Gasteiger charge is -2.27. The maximum Gasteiger partial charge on any atom is 0.107 e. The number of hydrogen-bond donors (Lipinski definition) is 1. The Kier molecular flexibility index (Phi) is 3.40. The Hall–Kier alpha value is -1.58. The number of nitrogens with zero attached hydrogens (tertiary/aromatic N) is 1. The van der Waals surface area contributed by atoms with Crippen LogP contribution in [0.3, 0.4) is 0 Å². The van der Waals surface area contributed by atoms with E-state index in [9.17, 15) is 0 Å². The molecular weight excluding hydrogens is 288 g/mol. The second-order valence-electron chi connectivity index (χ2n) is 5.05. The summed E-state index contributed by atoms with van der Waals surface area (Å²) in [5, 5.41) is 0.603. The number of fused-ring (bicyclic) bond motifs is 1. The van der Waals surface area contributed by atoms with E-state index in [2.05, 4.69) is 36.1 Å². The second kappa shape index (κ2) is 5.08. The zero-order valence-electron chi connectivity index (χ0n) is 11.1. The smallest absolute Gasteiger partial charge is 0.107 e. The van der Waals surface area contributed by atoms with Gasteiger partial charge in [-0.2, -0.15) is 0 Å². The van der Waals surface area contributed by atoms with Gasteiger partial charge < -0.3 is 10.6 Å². The summed E-state index contributed by atoms with van der Waals surface area (Å²) < 4.78 is 0. The van der Waals surface area contributed by atoms with Crippen molar-refractivity contribution < 1.29 is 0 Å². The minimum absolute atomic E-state index is 0.335. The van der Waals surface area contributed by atoms with E-state index >= 15 is 0 Å². The van der Waals surface area contributed by atoms with Crippen LogP contribution in [0.2, 0.25) is 5.02 Å². The van der Waals surface area contributed by atoms with Crippen molar-refractivity contribution in [2.24, 2.45) is 5.73 Å². The molecule has 2 N–H and O–H groups in total. The van der Waals surface area contributed by atoms with Crippen LogP contribution in [0.1, 0.15) is 18.1 Å². The van der Waals surface area contributed by atoms with Gasteiger partial charge in [0.05, 0.1) is 16.3 Å². The van der Waals surface area contributed by atoms with Crippen molar-refractivity contribution in [1.29, 1.82) is 0 Å². The molecule has 0 fully saturated rings. The molecule has 0 spiro atoms. The van der Waals surface area contributed by atoms with E-state index < -0.39 is 0 Å². The molecule has 0 saturated heterocycles. The Bertz CT molecular complexity index is 684. The van der Waals surface area contributed by atoms with Gasteiger partial charge in [0.2, 0.25) is 0 Å². The fraction of sp³-hybridized carbons (Fsp3) is 0.188. The molecule has 0 aromatic heterocycles. The van der Waals surface area contributed by atoms with Gasteiger partial charge in [-0.15, -0.1) is 0 Å². The summed E-state index contributed by atoms with van der Waals surface area (Å²) in [4.78, 5) is 2.61. The molecule has 4 heteroatoms. The first kappa shape index (κ1) is 13.4. The van der Waals surface area contributed by atoms with Gasteiger partial charge in [-0.1, -0.05) is 48.1 Å². The minimum Gasteiger partial charge on any atom is -0.389 e. The zero-order chi connectivity index (χ0) is 14.3. The maximum atomic E-state index is 6.28. The Morgan fingerprint density at radius 2 is 1.90 bits per heavy atom. The number of benzene rings is 2. The predicted molar refractivity (Wildman–Crippen MR) is 89.1 cm³/mol. The van der Waals surface area contributed by atoms with Crippen molar-refractivity contribution in [3.63, 3.8) is 0 Å². The maximum absolute atomic E-state index is 6.28. The number of nitrogens with two attached hydrogens (primary N) is 1. The topological polar surface area (TPSA) is 29.3 Å².